The molecular formula is C6H4ClN3OS. The summed E-state index contributed by atoms with van der Waals surface area (Å²) in [5.41, 5.74) is 5.35. The average Bonchev–Trinajstić information content (AvgIpc) is 2.44. The molecule has 2 aromatic rings. The Labute approximate surface area is 76.6 Å². The van der Waals surface area contributed by atoms with Gasteiger partial charge in [-0.3, -0.25) is 9.20 Å². The molecule has 2 aromatic heterocycles. The molecule has 12 heavy (non-hydrogen) atoms. The highest BCUT2D eigenvalue weighted by Gasteiger charge is 2.15. The van der Waals surface area contributed by atoms with Crippen molar-refractivity contribution in [1.82, 2.24) is 9.38 Å². The van der Waals surface area contributed by atoms with E-state index in [4.69, 9.17) is 17.3 Å². The number of carbonyl (C=O) groups is 1. The molecule has 2 heterocycles. The number of thiazole rings is 1. The van der Waals surface area contributed by atoms with Gasteiger partial charge in [-0.15, -0.1) is 11.3 Å². The summed E-state index contributed by atoms with van der Waals surface area (Å²) in [5, 5.41) is 1.97. The van der Waals surface area contributed by atoms with Gasteiger partial charge in [-0.2, -0.15) is 0 Å². The molecule has 0 aromatic carbocycles. The molecule has 6 heteroatoms. The van der Waals surface area contributed by atoms with Gasteiger partial charge in [0.25, 0.3) is 5.91 Å². The van der Waals surface area contributed by atoms with E-state index in [0.717, 1.165) is 0 Å². The monoisotopic (exact) mass is 201 g/mol. The minimum absolute atomic E-state index is 0.161. The topological polar surface area (TPSA) is 60.4 Å². The van der Waals surface area contributed by atoms with E-state index >= 15 is 0 Å². The molecular weight excluding hydrogens is 198 g/mol. The van der Waals surface area contributed by atoms with Gasteiger partial charge < -0.3 is 5.73 Å². The van der Waals surface area contributed by atoms with Crippen molar-refractivity contribution in [2.45, 2.75) is 0 Å². The Balaban J connectivity index is 2.84. The van der Waals surface area contributed by atoms with Crippen LogP contribution < -0.4 is 5.73 Å². The van der Waals surface area contributed by atoms with Crippen LogP contribution in [0.15, 0.2) is 11.6 Å². The molecule has 0 unspecified atom stereocenters. The lowest BCUT2D eigenvalue weighted by Gasteiger charge is -1.90. The first-order valence-corrected chi connectivity index (χ1v) is 4.37. The number of aromatic nitrogens is 2. The quantitative estimate of drug-likeness (QED) is 0.753. The number of rotatable bonds is 1. The molecule has 0 aliphatic heterocycles. The third kappa shape index (κ3) is 0.904. The zero-order valence-electron chi connectivity index (χ0n) is 5.82. The van der Waals surface area contributed by atoms with Gasteiger partial charge in [0.05, 0.1) is 0 Å². The van der Waals surface area contributed by atoms with Crippen molar-refractivity contribution in [2.75, 3.05) is 0 Å². The van der Waals surface area contributed by atoms with E-state index in [0.29, 0.717) is 4.96 Å². The van der Waals surface area contributed by atoms with Crippen LogP contribution in [0.2, 0.25) is 5.15 Å². The number of amides is 1. The maximum atomic E-state index is 10.9. The molecule has 2 rings (SSSR count). The van der Waals surface area contributed by atoms with Crippen LogP contribution in [0.5, 0.6) is 0 Å². The molecule has 0 fully saturated rings. The molecule has 62 valence electrons. The Bertz CT molecular complexity index is 447. The van der Waals surface area contributed by atoms with E-state index in [-0.39, 0.29) is 10.8 Å². The van der Waals surface area contributed by atoms with E-state index in [9.17, 15) is 4.79 Å². The lowest BCUT2D eigenvalue weighted by atomic mass is 10.4. The highest BCUT2D eigenvalue weighted by atomic mass is 35.5. The van der Waals surface area contributed by atoms with Gasteiger partial charge in [0.1, 0.15) is 0 Å². The van der Waals surface area contributed by atoms with Crippen molar-refractivity contribution < 1.29 is 4.79 Å². The van der Waals surface area contributed by atoms with Crippen LogP contribution in [0.4, 0.5) is 0 Å². The third-order valence-corrected chi connectivity index (χ3v) is 2.47. The highest BCUT2D eigenvalue weighted by Crippen LogP contribution is 2.20. The van der Waals surface area contributed by atoms with Gasteiger partial charge in [-0.1, -0.05) is 11.6 Å². The van der Waals surface area contributed by atoms with E-state index in [1.165, 1.54) is 11.3 Å². The van der Waals surface area contributed by atoms with E-state index < -0.39 is 5.91 Å². The first kappa shape index (κ1) is 7.57. The number of hydrogen-bond acceptors (Lipinski definition) is 3. The fourth-order valence-electron chi connectivity index (χ4n) is 0.980. The predicted molar refractivity (Wildman–Crippen MR) is 46.6 cm³/mol. The first-order chi connectivity index (χ1) is 5.70. The second kappa shape index (κ2) is 2.46. The molecule has 0 bridgehead atoms. The molecule has 4 nitrogen and oxygen atoms in total. The largest absolute Gasteiger partial charge is 0.364 e. The smallest absolute Gasteiger partial charge is 0.268 e. The second-order valence-corrected chi connectivity index (χ2v) is 3.40. The van der Waals surface area contributed by atoms with Crippen molar-refractivity contribution in [3.63, 3.8) is 0 Å². The van der Waals surface area contributed by atoms with Gasteiger partial charge in [0.15, 0.2) is 15.8 Å². The summed E-state index contributed by atoms with van der Waals surface area (Å²) in [6, 6.07) is 0. The number of primary amides is 1. The zero-order chi connectivity index (χ0) is 8.72. The van der Waals surface area contributed by atoms with Crippen LogP contribution in [0, 0.1) is 0 Å². The molecule has 0 atom stereocenters. The molecule has 0 saturated carbocycles. The van der Waals surface area contributed by atoms with Crippen molar-refractivity contribution in [2.24, 2.45) is 5.73 Å². The van der Waals surface area contributed by atoms with Crippen LogP contribution in [-0.2, 0) is 0 Å². The predicted octanol–water partition coefficient (Wildman–Crippen LogP) is 1.15. The molecule has 2 N–H and O–H groups in total. The summed E-state index contributed by atoms with van der Waals surface area (Å²) >= 11 is 7.08. The normalized spacial score (nSPS) is 10.8. The summed E-state index contributed by atoms with van der Waals surface area (Å²) in [5.74, 6) is -0.564. The van der Waals surface area contributed by atoms with Gasteiger partial charge in [-0.25, -0.2) is 4.98 Å². The van der Waals surface area contributed by atoms with Crippen molar-refractivity contribution in [3.8, 4) is 0 Å². The Morgan fingerprint density at radius 2 is 2.50 bits per heavy atom. The van der Waals surface area contributed by atoms with Crippen LogP contribution in [0.3, 0.4) is 0 Å². The fraction of sp³-hybridized carbons (Fsp3) is 0. The fourth-order valence-corrected chi connectivity index (χ4v) is 2.01. The summed E-state index contributed by atoms with van der Waals surface area (Å²) in [6.07, 6.45) is 1.71. The Morgan fingerprint density at radius 3 is 3.17 bits per heavy atom. The van der Waals surface area contributed by atoms with Gasteiger partial charge in [-0.05, 0) is 0 Å². The van der Waals surface area contributed by atoms with Crippen LogP contribution in [0.1, 0.15) is 10.5 Å². The summed E-state index contributed by atoms with van der Waals surface area (Å²) in [6.45, 7) is 0. The van der Waals surface area contributed by atoms with E-state index in [1.54, 1.807) is 10.6 Å². The maximum absolute atomic E-state index is 10.9. The zero-order valence-corrected chi connectivity index (χ0v) is 7.39. The van der Waals surface area contributed by atoms with Crippen molar-refractivity contribution in [1.29, 1.82) is 0 Å². The average molecular weight is 202 g/mol. The molecule has 0 aliphatic rings. The minimum Gasteiger partial charge on any atom is -0.364 e. The van der Waals surface area contributed by atoms with Gasteiger partial charge >= 0.3 is 0 Å². The van der Waals surface area contributed by atoms with E-state index in [1.807, 2.05) is 5.38 Å². The SMILES string of the molecule is NC(=O)c1c(Cl)nc2sccn12. The number of nitrogens with two attached hydrogens (primary N) is 1. The Hall–Kier alpha value is -1.07. The summed E-state index contributed by atoms with van der Waals surface area (Å²) in [4.78, 5) is 15.5. The van der Waals surface area contributed by atoms with Crippen molar-refractivity contribution in [3.05, 3.63) is 22.4 Å². The molecule has 0 spiro atoms. The molecule has 1 amide bonds. The standard InChI is InChI=1S/C6H4ClN3OS/c7-4-3(5(8)11)10-1-2-12-6(10)9-4/h1-2H,(H2,8,11). The minimum atomic E-state index is -0.564. The van der Waals surface area contributed by atoms with Crippen LogP contribution in [0.25, 0.3) is 4.96 Å². The van der Waals surface area contributed by atoms with Crippen LogP contribution >= 0.6 is 22.9 Å². The highest BCUT2D eigenvalue weighted by molar-refractivity contribution is 7.15. The van der Waals surface area contributed by atoms with E-state index in [2.05, 4.69) is 4.98 Å². The van der Waals surface area contributed by atoms with Crippen molar-refractivity contribution >= 4 is 33.8 Å². The van der Waals surface area contributed by atoms with Gasteiger partial charge in [0.2, 0.25) is 0 Å². The lowest BCUT2D eigenvalue weighted by molar-refractivity contribution is 0.0995. The Kier molecular flexibility index (Phi) is 1.55. The first-order valence-electron chi connectivity index (χ1n) is 3.11. The third-order valence-electron chi connectivity index (χ3n) is 1.45. The van der Waals surface area contributed by atoms with Crippen LogP contribution in [-0.4, -0.2) is 15.3 Å². The number of fused-ring (bicyclic) bond motifs is 1. The maximum Gasteiger partial charge on any atom is 0.268 e. The Morgan fingerprint density at radius 1 is 1.75 bits per heavy atom. The number of carbonyl (C=O) groups excluding carboxylic acids is 1. The summed E-state index contributed by atoms with van der Waals surface area (Å²) in [7, 11) is 0. The summed E-state index contributed by atoms with van der Waals surface area (Å²) < 4.78 is 1.58. The number of nitrogens with zero attached hydrogens (tertiary/aromatic N) is 2. The number of hydrogen-bond donors (Lipinski definition) is 1. The number of halogens is 1. The molecule has 0 radical (unpaired) electrons. The number of imidazole rings is 1. The second-order valence-electron chi connectivity index (χ2n) is 2.17. The lowest BCUT2D eigenvalue weighted by Crippen LogP contribution is -2.13. The molecule has 0 saturated heterocycles. The molecule has 0 aliphatic carbocycles. The van der Waals surface area contributed by atoms with Gasteiger partial charge in [0, 0.05) is 11.6 Å².